The van der Waals surface area contributed by atoms with E-state index in [0.717, 1.165) is 11.3 Å². The van der Waals surface area contributed by atoms with E-state index in [0.29, 0.717) is 27.0 Å². The van der Waals surface area contributed by atoms with Crippen LogP contribution in [-0.4, -0.2) is 27.7 Å². The van der Waals surface area contributed by atoms with E-state index < -0.39 is 0 Å². The van der Waals surface area contributed by atoms with E-state index in [2.05, 4.69) is 15.4 Å². The summed E-state index contributed by atoms with van der Waals surface area (Å²) in [6.07, 6.45) is 1.53. The molecule has 5 nitrogen and oxygen atoms in total. The zero-order chi connectivity index (χ0) is 17.3. The van der Waals surface area contributed by atoms with Crippen molar-refractivity contribution in [2.24, 2.45) is 7.05 Å². The lowest BCUT2D eigenvalue weighted by Gasteiger charge is -2.03. The summed E-state index contributed by atoms with van der Waals surface area (Å²) in [4.78, 5) is 15.9. The minimum atomic E-state index is -0.174. The van der Waals surface area contributed by atoms with Crippen LogP contribution in [0.15, 0.2) is 42.6 Å². The molecule has 0 aliphatic heterocycles. The van der Waals surface area contributed by atoms with Gasteiger partial charge in [-0.25, -0.2) is 0 Å². The molecule has 0 atom stereocenters. The van der Waals surface area contributed by atoms with Crippen molar-refractivity contribution in [1.82, 2.24) is 20.1 Å². The highest BCUT2D eigenvalue weighted by molar-refractivity contribution is 6.42. The molecule has 2 aromatic heterocycles. The standard InChI is InChI=1S/C17H14Cl2N4O/c1-20-17(24)11-4-6-14(21-9-11)15-8-16(23(2)22-15)10-3-5-12(18)13(19)7-10/h3-9H,1-2H3,(H,20,24). The highest BCUT2D eigenvalue weighted by Gasteiger charge is 2.12. The zero-order valence-corrected chi connectivity index (χ0v) is 14.6. The van der Waals surface area contributed by atoms with Crippen molar-refractivity contribution in [3.8, 4) is 22.6 Å². The summed E-state index contributed by atoms with van der Waals surface area (Å²) < 4.78 is 1.75. The molecule has 0 spiro atoms. The summed E-state index contributed by atoms with van der Waals surface area (Å²) in [5.41, 5.74) is 3.70. The van der Waals surface area contributed by atoms with Gasteiger partial charge in [0.25, 0.3) is 5.91 Å². The second-order valence-corrected chi connectivity index (χ2v) is 5.99. The topological polar surface area (TPSA) is 59.8 Å². The van der Waals surface area contributed by atoms with E-state index in [4.69, 9.17) is 23.2 Å². The largest absolute Gasteiger partial charge is 0.355 e. The number of carbonyl (C=O) groups excluding carboxylic acids is 1. The van der Waals surface area contributed by atoms with Crippen molar-refractivity contribution in [3.05, 3.63) is 58.2 Å². The normalized spacial score (nSPS) is 10.7. The lowest BCUT2D eigenvalue weighted by atomic mass is 10.1. The van der Waals surface area contributed by atoms with E-state index in [1.165, 1.54) is 6.20 Å². The third-order valence-electron chi connectivity index (χ3n) is 3.61. The fourth-order valence-corrected chi connectivity index (χ4v) is 2.64. The average Bonchev–Trinajstić information content (AvgIpc) is 2.98. The van der Waals surface area contributed by atoms with Gasteiger partial charge >= 0.3 is 0 Å². The first kappa shape index (κ1) is 16.5. The quantitative estimate of drug-likeness (QED) is 0.772. The number of rotatable bonds is 3. The van der Waals surface area contributed by atoms with E-state index in [-0.39, 0.29) is 5.91 Å². The van der Waals surface area contributed by atoms with Gasteiger partial charge in [0.2, 0.25) is 0 Å². The van der Waals surface area contributed by atoms with Crippen molar-refractivity contribution in [2.75, 3.05) is 7.05 Å². The number of aryl methyl sites for hydroxylation is 1. The molecule has 122 valence electrons. The Morgan fingerprint density at radius 3 is 2.50 bits per heavy atom. The second-order valence-electron chi connectivity index (χ2n) is 5.18. The molecule has 1 aromatic carbocycles. The Morgan fingerprint density at radius 1 is 1.08 bits per heavy atom. The van der Waals surface area contributed by atoms with Crippen LogP contribution in [0.5, 0.6) is 0 Å². The zero-order valence-electron chi connectivity index (χ0n) is 13.0. The lowest BCUT2D eigenvalue weighted by molar-refractivity contribution is 0.0963. The first-order valence-corrected chi connectivity index (χ1v) is 7.93. The molecular formula is C17H14Cl2N4O. The SMILES string of the molecule is CNC(=O)c1ccc(-c2cc(-c3ccc(Cl)c(Cl)c3)n(C)n2)nc1. The number of hydrogen-bond acceptors (Lipinski definition) is 3. The molecule has 2 heterocycles. The number of hydrogen-bond donors (Lipinski definition) is 1. The third-order valence-corrected chi connectivity index (χ3v) is 4.35. The van der Waals surface area contributed by atoms with Gasteiger partial charge in [0.1, 0.15) is 5.69 Å². The fourth-order valence-electron chi connectivity index (χ4n) is 2.34. The monoisotopic (exact) mass is 360 g/mol. The molecule has 0 saturated heterocycles. The van der Waals surface area contributed by atoms with Crippen molar-refractivity contribution in [2.45, 2.75) is 0 Å². The van der Waals surface area contributed by atoms with Crippen molar-refractivity contribution in [1.29, 1.82) is 0 Å². The van der Waals surface area contributed by atoms with E-state index in [1.54, 1.807) is 36.0 Å². The number of nitrogens with one attached hydrogen (secondary N) is 1. The number of pyridine rings is 1. The predicted molar refractivity (Wildman–Crippen MR) is 95.3 cm³/mol. The van der Waals surface area contributed by atoms with Crippen LogP contribution in [0.2, 0.25) is 10.0 Å². The maximum atomic E-state index is 11.6. The molecule has 0 unspecified atom stereocenters. The Morgan fingerprint density at radius 2 is 1.88 bits per heavy atom. The van der Waals surface area contributed by atoms with Gasteiger partial charge in [0.15, 0.2) is 0 Å². The minimum absolute atomic E-state index is 0.174. The number of amides is 1. The van der Waals surface area contributed by atoms with Gasteiger partial charge in [-0.05, 0) is 30.3 Å². The third kappa shape index (κ3) is 3.13. The Labute approximate surface area is 149 Å². The first-order valence-electron chi connectivity index (χ1n) is 7.17. The molecule has 0 aliphatic carbocycles. The lowest BCUT2D eigenvalue weighted by Crippen LogP contribution is -2.17. The molecule has 1 amide bonds. The molecule has 0 fully saturated rings. The van der Waals surface area contributed by atoms with Crippen LogP contribution in [0.25, 0.3) is 22.6 Å². The molecule has 1 N–H and O–H groups in total. The van der Waals surface area contributed by atoms with Crippen molar-refractivity contribution >= 4 is 29.1 Å². The summed E-state index contributed by atoms with van der Waals surface area (Å²) in [6.45, 7) is 0. The molecule has 0 saturated carbocycles. The predicted octanol–water partition coefficient (Wildman–Crippen LogP) is 3.82. The van der Waals surface area contributed by atoms with Gasteiger partial charge in [-0.15, -0.1) is 0 Å². The number of aromatic nitrogens is 3. The van der Waals surface area contributed by atoms with Crippen LogP contribution in [0.4, 0.5) is 0 Å². The van der Waals surface area contributed by atoms with Gasteiger partial charge in [-0.1, -0.05) is 29.3 Å². The highest BCUT2D eigenvalue weighted by atomic mass is 35.5. The smallest absolute Gasteiger partial charge is 0.252 e. The molecule has 7 heteroatoms. The molecule has 24 heavy (non-hydrogen) atoms. The van der Waals surface area contributed by atoms with Crippen LogP contribution < -0.4 is 5.32 Å². The number of benzene rings is 1. The summed E-state index contributed by atoms with van der Waals surface area (Å²) in [7, 11) is 3.43. The number of halogens is 2. The molecular weight excluding hydrogens is 347 g/mol. The van der Waals surface area contributed by atoms with Crippen LogP contribution in [0.1, 0.15) is 10.4 Å². The molecule has 0 radical (unpaired) electrons. The molecule has 0 aliphatic rings. The Bertz CT molecular complexity index is 903. The van der Waals surface area contributed by atoms with Gasteiger partial charge in [-0.2, -0.15) is 5.10 Å². The van der Waals surface area contributed by atoms with E-state index in [1.807, 2.05) is 19.2 Å². The van der Waals surface area contributed by atoms with Gasteiger partial charge in [-0.3, -0.25) is 14.5 Å². The summed E-state index contributed by atoms with van der Waals surface area (Å²) >= 11 is 12.1. The van der Waals surface area contributed by atoms with Crippen LogP contribution in [-0.2, 0) is 7.05 Å². The minimum Gasteiger partial charge on any atom is -0.355 e. The maximum absolute atomic E-state index is 11.6. The maximum Gasteiger partial charge on any atom is 0.252 e. The Kier molecular flexibility index (Phi) is 4.55. The van der Waals surface area contributed by atoms with Gasteiger partial charge in [0, 0.05) is 25.9 Å². The second kappa shape index (κ2) is 6.63. The fraction of sp³-hybridized carbons (Fsp3) is 0.118. The van der Waals surface area contributed by atoms with Crippen LogP contribution in [0, 0.1) is 0 Å². The average molecular weight is 361 g/mol. The van der Waals surface area contributed by atoms with Crippen molar-refractivity contribution < 1.29 is 4.79 Å². The van der Waals surface area contributed by atoms with E-state index in [9.17, 15) is 4.79 Å². The first-order chi connectivity index (χ1) is 11.5. The van der Waals surface area contributed by atoms with Gasteiger partial charge in [0.05, 0.1) is 27.0 Å². The van der Waals surface area contributed by atoms with E-state index >= 15 is 0 Å². The summed E-state index contributed by atoms with van der Waals surface area (Å²) in [6, 6.07) is 10.8. The molecule has 0 bridgehead atoms. The van der Waals surface area contributed by atoms with Crippen LogP contribution in [0.3, 0.4) is 0 Å². The number of carbonyl (C=O) groups is 1. The highest BCUT2D eigenvalue weighted by Crippen LogP contribution is 2.30. The van der Waals surface area contributed by atoms with Crippen molar-refractivity contribution in [3.63, 3.8) is 0 Å². The molecule has 3 aromatic rings. The molecule has 3 rings (SSSR count). The summed E-state index contributed by atoms with van der Waals surface area (Å²) in [5, 5.41) is 8.04. The summed E-state index contributed by atoms with van der Waals surface area (Å²) in [5.74, 6) is -0.174. The van der Waals surface area contributed by atoms with Crippen LogP contribution >= 0.6 is 23.2 Å². The van der Waals surface area contributed by atoms with Gasteiger partial charge < -0.3 is 5.32 Å². The number of nitrogens with zero attached hydrogens (tertiary/aromatic N) is 3. The Hall–Kier alpha value is -2.37. The Balaban J connectivity index is 1.96.